The molecule has 1 rings (SSSR count). The Hall–Kier alpha value is -1.05. The van der Waals surface area contributed by atoms with E-state index in [9.17, 15) is 0 Å². The third-order valence-corrected chi connectivity index (χ3v) is 1.87. The van der Waals surface area contributed by atoms with Crippen LogP contribution in [0, 0.1) is 6.92 Å². The number of nitrogens with zero attached hydrogens (tertiary/aromatic N) is 1. The molecule has 1 N–H and O–H groups in total. The first-order valence-electron chi connectivity index (χ1n) is 4.42. The monoisotopic (exact) mass is 164 g/mol. The van der Waals surface area contributed by atoms with Crippen LogP contribution in [0.2, 0.25) is 0 Å². The molecule has 12 heavy (non-hydrogen) atoms. The van der Waals surface area contributed by atoms with Crippen LogP contribution in [0.1, 0.15) is 24.6 Å². The van der Waals surface area contributed by atoms with Gasteiger partial charge in [-0.05, 0) is 25.0 Å². The lowest BCUT2D eigenvalue weighted by atomic mass is 10.1. The predicted octanol–water partition coefficient (Wildman–Crippen LogP) is 2.38. The maximum Gasteiger partial charge on any atom is 0.129 e. The van der Waals surface area contributed by atoms with Gasteiger partial charge in [-0.2, -0.15) is 0 Å². The van der Waals surface area contributed by atoms with Crippen molar-refractivity contribution in [1.82, 2.24) is 4.98 Å². The van der Waals surface area contributed by atoms with Crippen LogP contribution in [-0.2, 0) is 6.42 Å². The molecular weight excluding hydrogens is 148 g/mol. The average molecular weight is 164 g/mol. The Balaban J connectivity index is 2.94. The van der Waals surface area contributed by atoms with E-state index in [2.05, 4.69) is 29.4 Å². The lowest BCUT2D eigenvalue weighted by Gasteiger charge is -2.07. The average Bonchev–Trinajstić information content (AvgIpc) is 2.08. The fourth-order valence-corrected chi connectivity index (χ4v) is 1.27. The summed E-state index contributed by atoms with van der Waals surface area (Å²) in [5, 5.41) is 3.11. The molecule has 0 bridgehead atoms. The highest BCUT2D eigenvalue weighted by Gasteiger charge is 2.00. The molecule has 0 saturated heterocycles. The van der Waals surface area contributed by atoms with Crippen molar-refractivity contribution >= 4 is 5.82 Å². The Labute approximate surface area is 74.0 Å². The first-order chi connectivity index (χ1) is 5.77. The SMILES string of the molecule is CCCc1ccc(C)nc1NC. The molecule has 0 aliphatic heterocycles. The molecule has 0 aromatic carbocycles. The Morgan fingerprint density at radius 2 is 2.17 bits per heavy atom. The molecule has 2 nitrogen and oxygen atoms in total. The van der Waals surface area contributed by atoms with Gasteiger partial charge in [0.1, 0.15) is 5.82 Å². The highest BCUT2D eigenvalue weighted by Crippen LogP contribution is 2.14. The Morgan fingerprint density at radius 1 is 1.42 bits per heavy atom. The molecule has 0 spiro atoms. The highest BCUT2D eigenvalue weighted by atomic mass is 15.0. The number of anilines is 1. The number of pyridine rings is 1. The van der Waals surface area contributed by atoms with Gasteiger partial charge in [-0.25, -0.2) is 4.98 Å². The van der Waals surface area contributed by atoms with E-state index in [0.717, 1.165) is 17.9 Å². The number of hydrogen-bond donors (Lipinski definition) is 1. The summed E-state index contributed by atoms with van der Waals surface area (Å²) >= 11 is 0. The molecule has 2 heteroatoms. The highest BCUT2D eigenvalue weighted by molar-refractivity contribution is 5.44. The number of aryl methyl sites for hydroxylation is 2. The van der Waals surface area contributed by atoms with Crippen LogP contribution in [0.25, 0.3) is 0 Å². The molecule has 0 aliphatic carbocycles. The zero-order chi connectivity index (χ0) is 8.97. The molecule has 0 aliphatic rings. The normalized spacial score (nSPS) is 9.92. The lowest BCUT2D eigenvalue weighted by molar-refractivity contribution is 0.912. The van der Waals surface area contributed by atoms with E-state index in [1.807, 2.05) is 14.0 Å². The fraction of sp³-hybridized carbons (Fsp3) is 0.500. The molecular formula is C10H16N2. The Kier molecular flexibility index (Phi) is 3.09. The molecule has 0 saturated carbocycles. The molecule has 1 heterocycles. The minimum absolute atomic E-state index is 1.02. The van der Waals surface area contributed by atoms with E-state index in [1.165, 1.54) is 12.0 Å². The largest absolute Gasteiger partial charge is 0.373 e. The van der Waals surface area contributed by atoms with Crippen LogP contribution in [0.4, 0.5) is 5.82 Å². The van der Waals surface area contributed by atoms with Gasteiger partial charge in [0.05, 0.1) is 0 Å². The van der Waals surface area contributed by atoms with E-state index in [-0.39, 0.29) is 0 Å². The van der Waals surface area contributed by atoms with E-state index in [4.69, 9.17) is 0 Å². The minimum Gasteiger partial charge on any atom is -0.373 e. The van der Waals surface area contributed by atoms with Crippen molar-refractivity contribution in [2.75, 3.05) is 12.4 Å². The van der Waals surface area contributed by atoms with Crippen molar-refractivity contribution in [3.8, 4) is 0 Å². The van der Waals surface area contributed by atoms with Crippen molar-refractivity contribution in [2.24, 2.45) is 0 Å². The van der Waals surface area contributed by atoms with Crippen LogP contribution >= 0.6 is 0 Å². The molecule has 0 fully saturated rings. The van der Waals surface area contributed by atoms with Crippen molar-refractivity contribution in [2.45, 2.75) is 26.7 Å². The maximum absolute atomic E-state index is 4.40. The van der Waals surface area contributed by atoms with Crippen LogP contribution in [0.5, 0.6) is 0 Å². The first kappa shape index (κ1) is 9.04. The fourth-order valence-electron chi connectivity index (χ4n) is 1.27. The summed E-state index contributed by atoms with van der Waals surface area (Å²) in [7, 11) is 1.92. The van der Waals surface area contributed by atoms with Crippen LogP contribution in [0.15, 0.2) is 12.1 Å². The van der Waals surface area contributed by atoms with Crippen molar-refractivity contribution in [1.29, 1.82) is 0 Å². The van der Waals surface area contributed by atoms with E-state index in [0.29, 0.717) is 0 Å². The van der Waals surface area contributed by atoms with Crippen molar-refractivity contribution < 1.29 is 0 Å². The van der Waals surface area contributed by atoms with E-state index >= 15 is 0 Å². The second-order valence-electron chi connectivity index (χ2n) is 2.96. The van der Waals surface area contributed by atoms with Gasteiger partial charge < -0.3 is 5.32 Å². The smallest absolute Gasteiger partial charge is 0.129 e. The standard InChI is InChI=1S/C10H16N2/c1-4-5-9-7-6-8(2)12-10(9)11-3/h6-7H,4-5H2,1-3H3,(H,11,12). The molecule has 0 radical (unpaired) electrons. The first-order valence-corrected chi connectivity index (χ1v) is 4.42. The molecule has 1 aromatic heterocycles. The predicted molar refractivity (Wildman–Crippen MR) is 52.5 cm³/mol. The van der Waals surface area contributed by atoms with Crippen molar-refractivity contribution in [3.05, 3.63) is 23.4 Å². The molecule has 0 unspecified atom stereocenters. The second-order valence-corrected chi connectivity index (χ2v) is 2.96. The minimum atomic E-state index is 1.02. The summed E-state index contributed by atoms with van der Waals surface area (Å²) in [6.07, 6.45) is 2.27. The van der Waals surface area contributed by atoms with Gasteiger partial charge in [0.2, 0.25) is 0 Å². The third kappa shape index (κ3) is 1.97. The summed E-state index contributed by atoms with van der Waals surface area (Å²) in [4.78, 5) is 4.40. The Morgan fingerprint density at radius 3 is 2.75 bits per heavy atom. The maximum atomic E-state index is 4.40. The Bertz CT molecular complexity index is 256. The molecule has 0 atom stereocenters. The summed E-state index contributed by atoms with van der Waals surface area (Å²) in [6, 6.07) is 4.21. The summed E-state index contributed by atoms with van der Waals surface area (Å²) < 4.78 is 0. The number of rotatable bonds is 3. The van der Waals surface area contributed by atoms with Gasteiger partial charge in [-0.1, -0.05) is 19.4 Å². The van der Waals surface area contributed by atoms with Gasteiger partial charge in [-0.15, -0.1) is 0 Å². The second kappa shape index (κ2) is 4.10. The summed E-state index contributed by atoms with van der Waals surface area (Å²) in [6.45, 7) is 4.19. The van der Waals surface area contributed by atoms with Gasteiger partial charge in [0, 0.05) is 12.7 Å². The van der Waals surface area contributed by atoms with Crippen LogP contribution in [0.3, 0.4) is 0 Å². The van der Waals surface area contributed by atoms with Gasteiger partial charge in [-0.3, -0.25) is 0 Å². The molecule has 1 aromatic rings. The number of nitrogens with one attached hydrogen (secondary N) is 1. The number of aromatic nitrogens is 1. The molecule has 66 valence electrons. The van der Waals surface area contributed by atoms with Gasteiger partial charge in [0.15, 0.2) is 0 Å². The number of hydrogen-bond acceptors (Lipinski definition) is 2. The van der Waals surface area contributed by atoms with Gasteiger partial charge in [0.25, 0.3) is 0 Å². The van der Waals surface area contributed by atoms with Gasteiger partial charge >= 0.3 is 0 Å². The molecule has 0 amide bonds. The zero-order valence-electron chi connectivity index (χ0n) is 8.02. The lowest BCUT2D eigenvalue weighted by Crippen LogP contribution is -1.99. The van der Waals surface area contributed by atoms with Crippen molar-refractivity contribution in [3.63, 3.8) is 0 Å². The van der Waals surface area contributed by atoms with Crippen LogP contribution in [-0.4, -0.2) is 12.0 Å². The van der Waals surface area contributed by atoms with E-state index in [1.54, 1.807) is 0 Å². The quantitative estimate of drug-likeness (QED) is 0.742. The van der Waals surface area contributed by atoms with Crippen LogP contribution < -0.4 is 5.32 Å². The summed E-state index contributed by atoms with van der Waals surface area (Å²) in [5.74, 6) is 1.02. The zero-order valence-corrected chi connectivity index (χ0v) is 8.02. The third-order valence-electron chi connectivity index (χ3n) is 1.87. The summed E-state index contributed by atoms with van der Waals surface area (Å²) in [5.41, 5.74) is 2.38. The van der Waals surface area contributed by atoms with E-state index < -0.39 is 0 Å². The topological polar surface area (TPSA) is 24.9 Å².